The number of benzene rings is 2. The van der Waals surface area contributed by atoms with E-state index in [2.05, 4.69) is 20.8 Å². The molecule has 1 N–H and O–H groups in total. The maximum absolute atomic E-state index is 12.4. The van der Waals surface area contributed by atoms with Crippen molar-refractivity contribution in [3.05, 3.63) is 59.7 Å². The summed E-state index contributed by atoms with van der Waals surface area (Å²) in [5.41, 5.74) is 3.06. The van der Waals surface area contributed by atoms with E-state index in [1.807, 2.05) is 62.4 Å². The van der Waals surface area contributed by atoms with E-state index in [1.54, 1.807) is 11.8 Å². The van der Waals surface area contributed by atoms with E-state index in [0.29, 0.717) is 11.7 Å². The molecule has 140 valence electrons. The van der Waals surface area contributed by atoms with Crippen LogP contribution in [0.25, 0.3) is 5.69 Å². The van der Waals surface area contributed by atoms with Crippen LogP contribution in [0.3, 0.4) is 0 Å². The van der Waals surface area contributed by atoms with Crippen LogP contribution < -0.4 is 10.1 Å². The lowest BCUT2D eigenvalue weighted by atomic mass is 10.1. The summed E-state index contributed by atoms with van der Waals surface area (Å²) in [4.78, 5) is 12.4. The first kappa shape index (κ1) is 18.9. The number of nitrogens with zero attached hydrogens (tertiary/aromatic N) is 4. The molecule has 0 aliphatic heterocycles. The lowest BCUT2D eigenvalue weighted by Gasteiger charge is -2.12. The van der Waals surface area contributed by atoms with Gasteiger partial charge in [-0.3, -0.25) is 4.79 Å². The molecule has 0 saturated heterocycles. The maximum atomic E-state index is 12.4. The molecular weight excluding hydrogens is 362 g/mol. The number of nitrogens with one attached hydrogen (secondary N) is 1. The molecule has 1 amide bonds. The van der Waals surface area contributed by atoms with E-state index in [4.69, 9.17) is 4.74 Å². The zero-order chi connectivity index (χ0) is 19.2. The third kappa shape index (κ3) is 4.85. The minimum absolute atomic E-state index is 0.0649. The van der Waals surface area contributed by atoms with Gasteiger partial charge >= 0.3 is 0 Å². The minimum atomic E-state index is -0.335. The molecule has 27 heavy (non-hydrogen) atoms. The highest BCUT2D eigenvalue weighted by Crippen LogP contribution is 2.24. The van der Waals surface area contributed by atoms with Crippen molar-refractivity contribution in [3.63, 3.8) is 0 Å². The number of aryl methyl sites for hydroxylation is 1. The monoisotopic (exact) mass is 383 g/mol. The van der Waals surface area contributed by atoms with Crippen molar-refractivity contribution in [1.29, 1.82) is 0 Å². The number of carbonyl (C=O) groups excluding carboxylic acids is 1. The lowest BCUT2D eigenvalue weighted by molar-refractivity contribution is -0.120. The van der Waals surface area contributed by atoms with E-state index in [1.165, 1.54) is 17.3 Å². The minimum Gasteiger partial charge on any atom is -0.497 e. The van der Waals surface area contributed by atoms with E-state index in [0.717, 1.165) is 17.0 Å². The molecule has 8 heteroatoms. The molecule has 3 rings (SSSR count). The summed E-state index contributed by atoms with van der Waals surface area (Å²) in [6.07, 6.45) is 0. The molecule has 1 aromatic heterocycles. The number of rotatable bonds is 7. The van der Waals surface area contributed by atoms with Crippen LogP contribution in [0.4, 0.5) is 0 Å². The fourth-order valence-corrected chi connectivity index (χ4v) is 3.22. The van der Waals surface area contributed by atoms with Crippen LogP contribution in [0, 0.1) is 6.92 Å². The summed E-state index contributed by atoms with van der Waals surface area (Å²) in [7, 11) is 1.62. The number of hydrogen-bond acceptors (Lipinski definition) is 6. The Balaban J connectivity index is 1.62. The Bertz CT molecular complexity index is 893. The molecule has 1 heterocycles. The lowest BCUT2D eigenvalue weighted by Crippen LogP contribution is -2.30. The predicted molar refractivity (Wildman–Crippen MR) is 104 cm³/mol. The Morgan fingerprint density at radius 2 is 1.89 bits per heavy atom. The molecule has 0 bridgehead atoms. The number of ether oxygens (including phenoxy) is 1. The summed E-state index contributed by atoms with van der Waals surface area (Å²) in [5, 5.41) is 15.0. The molecule has 0 fully saturated rings. The van der Waals surface area contributed by atoms with Crippen molar-refractivity contribution in [1.82, 2.24) is 25.5 Å². The Labute approximate surface area is 162 Å². The van der Waals surface area contributed by atoms with Crippen LogP contribution in [0.5, 0.6) is 5.75 Å². The summed E-state index contributed by atoms with van der Waals surface area (Å²) in [5.74, 6) is 0.690. The van der Waals surface area contributed by atoms with Gasteiger partial charge in [0.2, 0.25) is 11.1 Å². The van der Waals surface area contributed by atoms with Crippen molar-refractivity contribution in [2.75, 3.05) is 7.11 Å². The van der Waals surface area contributed by atoms with E-state index < -0.39 is 0 Å². The zero-order valence-electron chi connectivity index (χ0n) is 15.4. The molecule has 0 aliphatic rings. The van der Waals surface area contributed by atoms with Crippen LogP contribution in [0.1, 0.15) is 18.1 Å². The fourth-order valence-electron chi connectivity index (χ4n) is 2.39. The normalized spacial score (nSPS) is 11.8. The largest absolute Gasteiger partial charge is 0.497 e. The first-order chi connectivity index (χ1) is 13.1. The standard InChI is InChI=1S/C19H21N5O2S/c1-13-4-6-15(7-5-13)12-20-18(25)14(2)27-19-21-22-23-24(19)16-8-10-17(26-3)11-9-16/h4-11,14H,12H2,1-3H3,(H,20,25). The van der Waals surface area contributed by atoms with Gasteiger partial charge in [0.25, 0.3) is 0 Å². The first-order valence-corrected chi connectivity index (χ1v) is 9.37. The second-order valence-corrected chi connectivity index (χ2v) is 7.34. The molecule has 3 aromatic rings. The quantitative estimate of drug-likeness (QED) is 0.632. The van der Waals surface area contributed by atoms with E-state index >= 15 is 0 Å². The highest BCUT2D eigenvalue weighted by molar-refractivity contribution is 8.00. The summed E-state index contributed by atoms with van der Waals surface area (Å²) < 4.78 is 6.77. The van der Waals surface area contributed by atoms with Crippen molar-refractivity contribution >= 4 is 17.7 Å². The van der Waals surface area contributed by atoms with Crippen molar-refractivity contribution in [2.45, 2.75) is 30.8 Å². The van der Waals surface area contributed by atoms with E-state index in [-0.39, 0.29) is 11.2 Å². The topological polar surface area (TPSA) is 81.9 Å². The molecule has 0 aliphatic carbocycles. The smallest absolute Gasteiger partial charge is 0.233 e. The first-order valence-electron chi connectivity index (χ1n) is 8.49. The predicted octanol–water partition coefficient (Wildman–Crippen LogP) is 2.78. The molecule has 0 spiro atoms. The highest BCUT2D eigenvalue weighted by Gasteiger charge is 2.19. The van der Waals surface area contributed by atoms with Crippen molar-refractivity contribution in [3.8, 4) is 11.4 Å². The average Bonchev–Trinajstić information content (AvgIpc) is 3.15. The molecular formula is C19H21N5O2S. The van der Waals surface area contributed by atoms with Gasteiger partial charge in [0.05, 0.1) is 18.0 Å². The molecule has 0 saturated carbocycles. The summed E-state index contributed by atoms with van der Waals surface area (Å²) >= 11 is 1.31. The molecule has 1 unspecified atom stereocenters. The number of carbonyl (C=O) groups is 1. The fraction of sp³-hybridized carbons (Fsp3) is 0.263. The molecule has 0 radical (unpaired) electrons. The third-order valence-corrected chi connectivity index (χ3v) is 5.03. The van der Waals surface area contributed by atoms with Gasteiger partial charge in [0.1, 0.15) is 5.75 Å². The van der Waals surface area contributed by atoms with Gasteiger partial charge in [-0.2, -0.15) is 4.68 Å². The van der Waals surface area contributed by atoms with Crippen LogP contribution in [-0.2, 0) is 11.3 Å². The third-order valence-electron chi connectivity index (χ3n) is 4.00. The summed E-state index contributed by atoms with van der Waals surface area (Å²) in [6, 6.07) is 15.5. The average molecular weight is 383 g/mol. The van der Waals surface area contributed by atoms with Gasteiger partial charge in [0.15, 0.2) is 0 Å². The van der Waals surface area contributed by atoms with Crippen molar-refractivity contribution < 1.29 is 9.53 Å². The number of methoxy groups -OCH3 is 1. The van der Waals surface area contributed by atoms with Crippen LogP contribution in [0.15, 0.2) is 53.7 Å². The summed E-state index contributed by atoms with van der Waals surface area (Å²) in [6.45, 7) is 4.36. The second kappa shape index (κ2) is 8.68. The van der Waals surface area contributed by atoms with Gasteiger partial charge < -0.3 is 10.1 Å². The Hall–Kier alpha value is -2.87. The van der Waals surface area contributed by atoms with Crippen LogP contribution >= 0.6 is 11.8 Å². The van der Waals surface area contributed by atoms with Crippen molar-refractivity contribution in [2.24, 2.45) is 0 Å². The number of thioether (sulfide) groups is 1. The van der Waals surface area contributed by atoms with Crippen LogP contribution in [0.2, 0.25) is 0 Å². The Morgan fingerprint density at radius 1 is 1.19 bits per heavy atom. The number of aromatic nitrogens is 4. The van der Waals surface area contributed by atoms with Gasteiger partial charge in [-0.25, -0.2) is 0 Å². The number of hydrogen-bond donors (Lipinski definition) is 1. The second-order valence-electron chi connectivity index (χ2n) is 6.03. The number of amides is 1. The van der Waals surface area contributed by atoms with Gasteiger partial charge in [-0.1, -0.05) is 41.6 Å². The zero-order valence-corrected chi connectivity index (χ0v) is 16.2. The van der Waals surface area contributed by atoms with Gasteiger partial charge in [-0.15, -0.1) is 5.10 Å². The van der Waals surface area contributed by atoms with Crippen LogP contribution in [-0.4, -0.2) is 38.5 Å². The maximum Gasteiger partial charge on any atom is 0.233 e. The Kier molecular flexibility index (Phi) is 6.08. The molecule has 7 nitrogen and oxygen atoms in total. The molecule has 1 atom stereocenters. The SMILES string of the molecule is COc1ccc(-n2nnnc2SC(C)C(=O)NCc2ccc(C)cc2)cc1. The van der Waals surface area contributed by atoms with Gasteiger partial charge in [0, 0.05) is 6.54 Å². The Morgan fingerprint density at radius 3 is 2.56 bits per heavy atom. The molecule has 2 aromatic carbocycles. The number of tetrazole rings is 1. The van der Waals surface area contributed by atoms with Gasteiger partial charge in [-0.05, 0) is 54.1 Å². The van der Waals surface area contributed by atoms with E-state index in [9.17, 15) is 4.79 Å². The highest BCUT2D eigenvalue weighted by atomic mass is 32.2.